The zero-order valence-corrected chi connectivity index (χ0v) is 13.9. The summed E-state index contributed by atoms with van der Waals surface area (Å²) in [6.45, 7) is 16.4. The lowest BCUT2D eigenvalue weighted by Crippen LogP contribution is -2.38. The molecule has 0 rings (SSSR count). The molecule has 0 saturated carbocycles. The molecule has 0 aliphatic carbocycles. The molecule has 0 aliphatic heterocycles. The van der Waals surface area contributed by atoms with E-state index in [-0.39, 0.29) is 1.43 Å². The molecule has 0 saturated heterocycles. The monoisotopic (exact) mass is 261 g/mol. The second kappa shape index (κ2) is 6.59. The van der Waals surface area contributed by atoms with Crippen molar-refractivity contribution >= 4 is 26.6 Å². The van der Waals surface area contributed by atoms with Crippen LogP contribution in [0.5, 0.6) is 0 Å². The Balaban J connectivity index is 0. The van der Waals surface area contributed by atoms with E-state index in [1.807, 2.05) is 12.2 Å². The highest BCUT2D eigenvalue weighted by atomic mass is 28.4. The van der Waals surface area contributed by atoms with Gasteiger partial charge in [-0.25, -0.2) is 0 Å². The Morgan fingerprint density at radius 1 is 1.00 bits per heavy atom. The van der Waals surface area contributed by atoms with Crippen LogP contribution in [0.2, 0.25) is 38.3 Å². The summed E-state index contributed by atoms with van der Waals surface area (Å²) in [7, 11) is -3.83. The highest BCUT2D eigenvalue weighted by molar-refractivity contribution is 6.78. The van der Waals surface area contributed by atoms with Gasteiger partial charge in [-0.3, -0.25) is 0 Å². The Kier molecular flexibility index (Phi) is 6.62. The minimum absolute atomic E-state index is 0. The molecule has 0 aliphatic rings. The van der Waals surface area contributed by atoms with Crippen LogP contribution in [0, 0.1) is 0 Å². The first-order valence-corrected chi connectivity index (χ1v) is 12.7. The maximum atomic E-state index is 5.94. The van der Waals surface area contributed by atoms with Gasteiger partial charge in [0.25, 0.3) is 10.0 Å². The van der Waals surface area contributed by atoms with Crippen molar-refractivity contribution in [1.82, 2.24) is 0 Å². The fourth-order valence-corrected chi connectivity index (χ4v) is 6.81. The third kappa shape index (κ3) is 7.92. The van der Waals surface area contributed by atoms with Gasteiger partial charge in [0.15, 0.2) is 16.6 Å². The zero-order chi connectivity index (χ0) is 11.9. The normalized spacial score (nSPS) is 12.5. The molecular formula is C10H25O2Si3+. The Morgan fingerprint density at radius 2 is 1.33 bits per heavy atom. The molecular weight excluding hydrogens is 236 g/mol. The molecule has 0 atom stereocenters. The van der Waals surface area contributed by atoms with Gasteiger partial charge < -0.3 is 8.23 Å². The molecule has 0 N–H and O–H groups in total. The zero-order valence-electron chi connectivity index (χ0n) is 11.5. The van der Waals surface area contributed by atoms with Crippen molar-refractivity contribution < 1.29 is 9.66 Å². The quantitative estimate of drug-likeness (QED) is 0.494. The van der Waals surface area contributed by atoms with E-state index in [4.69, 9.17) is 8.23 Å². The predicted molar refractivity (Wildman–Crippen MR) is 76.8 cm³/mol. The van der Waals surface area contributed by atoms with Gasteiger partial charge >= 0.3 is 1.43 Å². The number of hydrogen-bond donors (Lipinski definition) is 0. The fourth-order valence-electron chi connectivity index (χ4n) is 1.16. The molecule has 0 aromatic carbocycles. The Bertz CT molecular complexity index is 198. The Morgan fingerprint density at radius 3 is 1.60 bits per heavy atom. The molecule has 0 amide bonds. The van der Waals surface area contributed by atoms with Gasteiger partial charge in [-0.15, -0.1) is 13.2 Å². The predicted octanol–water partition coefficient (Wildman–Crippen LogP) is 2.91. The lowest BCUT2D eigenvalue weighted by molar-refractivity contribution is 0.452. The average Bonchev–Trinajstić information content (AvgIpc) is 2.02. The first-order valence-electron chi connectivity index (χ1n) is 5.33. The van der Waals surface area contributed by atoms with Gasteiger partial charge in [-0.1, -0.05) is 12.2 Å². The van der Waals surface area contributed by atoms with Crippen molar-refractivity contribution in [3.05, 3.63) is 25.3 Å². The van der Waals surface area contributed by atoms with E-state index in [2.05, 4.69) is 39.3 Å². The largest absolute Gasteiger partial charge is 1.00 e. The molecule has 0 unspecified atom stereocenters. The summed E-state index contributed by atoms with van der Waals surface area (Å²) in [6, 6.07) is 2.01. The lowest BCUT2D eigenvalue weighted by Gasteiger charge is -2.26. The van der Waals surface area contributed by atoms with Gasteiger partial charge in [0, 0.05) is 0 Å². The van der Waals surface area contributed by atoms with E-state index >= 15 is 0 Å². The van der Waals surface area contributed by atoms with Gasteiger partial charge in [-0.2, -0.15) is 0 Å². The van der Waals surface area contributed by atoms with Crippen LogP contribution in [0.15, 0.2) is 25.3 Å². The van der Waals surface area contributed by atoms with Crippen LogP contribution in [0.3, 0.4) is 0 Å². The van der Waals surface area contributed by atoms with E-state index < -0.39 is 26.6 Å². The summed E-state index contributed by atoms with van der Waals surface area (Å²) in [5.41, 5.74) is 0. The molecule has 0 spiro atoms. The van der Waals surface area contributed by atoms with Gasteiger partial charge in [0.1, 0.15) is 0 Å². The summed E-state index contributed by atoms with van der Waals surface area (Å²) in [6.07, 6.45) is 3.90. The minimum atomic E-state index is -1.51. The number of hydrogen-bond acceptors (Lipinski definition) is 2. The third-order valence-corrected chi connectivity index (χ3v) is 11.9. The second-order valence-corrected chi connectivity index (χ2v) is 15.3. The first-order chi connectivity index (χ1) is 6.83. The summed E-state index contributed by atoms with van der Waals surface area (Å²) in [4.78, 5) is 0. The second-order valence-electron chi connectivity index (χ2n) is 4.91. The van der Waals surface area contributed by atoms with Crippen LogP contribution < -0.4 is 0 Å². The fraction of sp³-hybridized carbons (Fsp3) is 0.600. The average molecular weight is 262 g/mol. The van der Waals surface area contributed by atoms with Crippen molar-refractivity contribution in [3.8, 4) is 0 Å². The van der Waals surface area contributed by atoms with Crippen molar-refractivity contribution in [2.24, 2.45) is 0 Å². The molecule has 5 heteroatoms. The van der Waals surface area contributed by atoms with E-state index in [1.165, 1.54) is 0 Å². The van der Waals surface area contributed by atoms with Crippen molar-refractivity contribution in [1.29, 1.82) is 0 Å². The number of rotatable bonds is 8. The van der Waals surface area contributed by atoms with E-state index in [0.29, 0.717) is 0 Å². The van der Waals surface area contributed by atoms with Gasteiger partial charge in [0.05, 0.1) is 0 Å². The van der Waals surface area contributed by atoms with Crippen molar-refractivity contribution in [3.63, 3.8) is 0 Å². The van der Waals surface area contributed by atoms with Crippen molar-refractivity contribution in [2.75, 3.05) is 0 Å². The van der Waals surface area contributed by atoms with Gasteiger partial charge in [0.2, 0.25) is 0 Å². The summed E-state index contributed by atoms with van der Waals surface area (Å²) in [5.74, 6) is 0. The van der Waals surface area contributed by atoms with Crippen LogP contribution in [-0.2, 0) is 8.23 Å². The molecule has 15 heavy (non-hydrogen) atoms. The number of allylic oxidation sites excluding steroid dienone is 2. The highest BCUT2D eigenvalue weighted by Gasteiger charge is 2.24. The van der Waals surface area contributed by atoms with E-state index in [1.54, 1.807) is 0 Å². The maximum Gasteiger partial charge on any atom is 1.00 e. The highest BCUT2D eigenvalue weighted by Crippen LogP contribution is 2.14. The Hall–Kier alpha value is 0.0506. The summed E-state index contributed by atoms with van der Waals surface area (Å²) < 4.78 is 11.9. The maximum absolute atomic E-state index is 5.94. The van der Waals surface area contributed by atoms with Crippen LogP contribution in [0.4, 0.5) is 0 Å². The first kappa shape index (κ1) is 15.1. The smallest absolute Gasteiger partial charge is 0.441 e. The molecule has 0 fully saturated rings. The minimum Gasteiger partial charge on any atom is -0.441 e. The molecule has 0 aromatic rings. The van der Waals surface area contributed by atoms with Crippen LogP contribution >= 0.6 is 0 Å². The molecule has 0 radical (unpaired) electrons. The standard InChI is InChI=1S/C10H24O2Si3/c1-7-9-14(3,4)11-13-12-15(5,6)10-8-2/h7-8H,1-2,9-10,13H2,3-6H3/p+1. The molecule has 88 valence electrons. The summed E-state index contributed by atoms with van der Waals surface area (Å²) in [5, 5.41) is 0. The Labute approximate surface area is 100 Å². The van der Waals surface area contributed by atoms with Crippen molar-refractivity contribution in [2.45, 2.75) is 38.3 Å². The van der Waals surface area contributed by atoms with E-state index in [0.717, 1.165) is 12.1 Å². The molecule has 2 nitrogen and oxygen atoms in total. The molecule has 0 heterocycles. The topological polar surface area (TPSA) is 18.5 Å². The van der Waals surface area contributed by atoms with E-state index in [9.17, 15) is 0 Å². The van der Waals surface area contributed by atoms with Crippen LogP contribution in [-0.4, -0.2) is 26.6 Å². The lowest BCUT2D eigenvalue weighted by atomic mass is 10.8. The van der Waals surface area contributed by atoms with Crippen LogP contribution in [0.25, 0.3) is 0 Å². The van der Waals surface area contributed by atoms with Gasteiger partial charge in [-0.05, 0) is 38.3 Å². The summed E-state index contributed by atoms with van der Waals surface area (Å²) >= 11 is 0. The third-order valence-electron chi connectivity index (χ3n) is 2.17. The molecule has 0 bridgehead atoms. The van der Waals surface area contributed by atoms with Crippen LogP contribution in [0.1, 0.15) is 1.43 Å². The molecule has 0 aromatic heterocycles. The SMILES string of the molecule is C=CC[Si](C)(C)O[SiH2]O[Si](C)(C)CC=C.[H+].